The fraction of sp³-hybridized carbons (Fsp3) is 0. The number of thiophene rings is 1. The second-order valence-electron chi connectivity index (χ2n) is 7.93. The molecule has 4 heterocycles. The molecule has 0 atom stereocenters. The summed E-state index contributed by atoms with van der Waals surface area (Å²) in [6.45, 7) is 0. The first-order valence-electron chi connectivity index (χ1n) is 10.6. The third-order valence-electron chi connectivity index (χ3n) is 6.10. The molecule has 0 aliphatic heterocycles. The van der Waals surface area contributed by atoms with Crippen molar-refractivity contribution in [3.05, 3.63) is 103 Å². The highest BCUT2D eigenvalue weighted by molar-refractivity contribution is 7.25. The number of pyridine rings is 2. The van der Waals surface area contributed by atoms with Crippen LogP contribution >= 0.6 is 11.3 Å². The molecular weight excluding hydrogens is 410 g/mol. The van der Waals surface area contributed by atoms with Crippen LogP contribution in [0, 0.1) is 0 Å². The van der Waals surface area contributed by atoms with Crippen LogP contribution in [-0.4, -0.2) is 14.5 Å². The summed E-state index contributed by atoms with van der Waals surface area (Å²) in [7, 11) is 0. The molecule has 0 aliphatic rings. The molecule has 0 amide bonds. The third-order valence-corrected chi connectivity index (χ3v) is 7.24. The zero-order valence-corrected chi connectivity index (χ0v) is 17.9. The smallest absolute Gasteiger partial charge is 0.0963 e. The minimum atomic E-state index is 0.981. The molecule has 0 aliphatic carbocycles. The summed E-state index contributed by atoms with van der Waals surface area (Å²) in [5.74, 6) is 0. The zero-order valence-electron chi connectivity index (χ0n) is 17.1. The largest absolute Gasteiger partial charge is 0.308 e. The second-order valence-corrected chi connectivity index (χ2v) is 9.02. The molecule has 0 saturated carbocycles. The average molecular weight is 428 g/mol. The van der Waals surface area contributed by atoms with Crippen molar-refractivity contribution in [2.24, 2.45) is 0 Å². The third kappa shape index (κ3) is 2.53. The Morgan fingerprint density at radius 3 is 2.31 bits per heavy atom. The second kappa shape index (κ2) is 6.74. The summed E-state index contributed by atoms with van der Waals surface area (Å²) in [6.07, 6.45) is 3.71. The monoisotopic (exact) mass is 427 g/mol. The highest BCUT2D eigenvalue weighted by atomic mass is 32.1. The van der Waals surface area contributed by atoms with Crippen molar-refractivity contribution in [1.82, 2.24) is 14.5 Å². The summed E-state index contributed by atoms with van der Waals surface area (Å²) in [6, 6.07) is 32.1. The van der Waals surface area contributed by atoms with E-state index in [-0.39, 0.29) is 0 Å². The van der Waals surface area contributed by atoms with Crippen molar-refractivity contribution in [3.63, 3.8) is 0 Å². The van der Waals surface area contributed by atoms with E-state index < -0.39 is 0 Å². The Bertz CT molecular complexity index is 1760. The van der Waals surface area contributed by atoms with E-state index in [0.717, 1.165) is 28.0 Å². The highest BCUT2D eigenvalue weighted by Gasteiger charge is 2.16. The van der Waals surface area contributed by atoms with Gasteiger partial charge in [-0.1, -0.05) is 36.4 Å². The lowest BCUT2D eigenvalue weighted by molar-refractivity contribution is 1.18. The highest BCUT2D eigenvalue weighted by Crippen LogP contribution is 2.40. The lowest BCUT2D eigenvalue weighted by Gasteiger charge is -2.09. The standard InChI is InChI=1S/C28H17N3S/c1-2-9-26-20(6-1)21-16-22-25(17-27(21)32-26)31(24-8-5-15-30-28(22)24)19-12-10-18(11-13-19)23-7-3-4-14-29-23/h1-17H. The number of fused-ring (bicyclic) bond motifs is 6. The predicted molar refractivity (Wildman–Crippen MR) is 135 cm³/mol. The van der Waals surface area contributed by atoms with Gasteiger partial charge in [0.1, 0.15) is 0 Å². The van der Waals surface area contributed by atoms with Gasteiger partial charge in [0, 0.05) is 49.2 Å². The van der Waals surface area contributed by atoms with E-state index >= 15 is 0 Å². The van der Waals surface area contributed by atoms with Gasteiger partial charge in [0.25, 0.3) is 0 Å². The number of rotatable bonds is 2. The molecule has 0 N–H and O–H groups in total. The Hall–Kier alpha value is -4.02. The van der Waals surface area contributed by atoms with Crippen molar-refractivity contribution in [1.29, 1.82) is 0 Å². The molecule has 0 radical (unpaired) electrons. The van der Waals surface area contributed by atoms with E-state index in [2.05, 4.69) is 76.3 Å². The maximum Gasteiger partial charge on any atom is 0.0963 e. The number of hydrogen-bond acceptors (Lipinski definition) is 3. The fourth-order valence-electron chi connectivity index (χ4n) is 4.64. The summed E-state index contributed by atoms with van der Waals surface area (Å²) in [4.78, 5) is 9.25. The van der Waals surface area contributed by atoms with E-state index in [1.807, 2.05) is 48.0 Å². The topological polar surface area (TPSA) is 30.7 Å². The van der Waals surface area contributed by atoms with Gasteiger partial charge >= 0.3 is 0 Å². The maximum absolute atomic E-state index is 4.76. The fourth-order valence-corrected chi connectivity index (χ4v) is 5.76. The number of hydrogen-bond donors (Lipinski definition) is 0. The SMILES string of the molecule is c1ccc(-c2ccc(-n3c4cc5sc6ccccc6c5cc4c4ncccc43)cc2)nc1. The summed E-state index contributed by atoms with van der Waals surface area (Å²) < 4.78 is 4.94. The van der Waals surface area contributed by atoms with E-state index in [9.17, 15) is 0 Å². The summed E-state index contributed by atoms with van der Waals surface area (Å²) in [5, 5.41) is 3.80. The molecule has 0 saturated heterocycles. The van der Waals surface area contributed by atoms with Crippen LogP contribution < -0.4 is 0 Å². The molecule has 7 aromatic rings. The van der Waals surface area contributed by atoms with Gasteiger partial charge in [-0.3, -0.25) is 9.97 Å². The predicted octanol–water partition coefficient (Wildman–Crippen LogP) is 7.61. The summed E-state index contributed by atoms with van der Waals surface area (Å²) in [5.41, 5.74) is 6.56. The average Bonchev–Trinajstić information content (AvgIpc) is 3.38. The maximum atomic E-state index is 4.76. The normalized spacial score (nSPS) is 11.8. The molecular formula is C28H17N3S. The Labute approximate surface area is 188 Å². The van der Waals surface area contributed by atoms with Gasteiger partial charge in [-0.05, 0) is 54.6 Å². The van der Waals surface area contributed by atoms with Gasteiger partial charge in [-0.2, -0.15) is 0 Å². The van der Waals surface area contributed by atoms with E-state index in [4.69, 9.17) is 4.98 Å². The summed E-state index contributed by atoms with van der Waals surface area (Å²) >= 11 is 1.85. The van der Waals surface area contributed by atoms with Crippen LogP contribution in [0.15, 0.2) is 103 Å². The van der Waals surface area contributed by atoms with Crippen molar-refractivity contribution in [2.45, 2.75) is 0 Å². The minimum Gasteiger partial charge on any atom is -0.308 e. The van der Waals surface area contributed by atoms with Crippen LogP contribution in [0.3, 0.4) is 0 Å². The first-order valence-corrected chi connectivity index (χ1v) is 11.4. The Morgan fingerprint density at radius 1 is 0.594 bits per heavy atom. The van der Waals surface area contributed by atoms with Crippen LogP contribution in [0.5, 0.6) is 0 Å². The van der Waals surface area contributed by atoms with Crippen molar-refractivity contribution >= 4 is 53.4 Å². The molecule has 0 fully saturated rings. The molecule has 0 bridgehead atoms. The van der Waals surface area contributed by atoms with E-state index in [0.29, 0.717) is 0 Å². The molecule has 0 unspecified atom stereocenters. The van der Waals surface area contributed by atoms with Crippen LogP contribution in [0.25, 0.3) is 59.1 Å². The molecule has 3 nitrogen and oxygen atoms in total. The van der Waals surface area contributed by atoms with E-state index in [1.54, 1.807) is 0 Å². The molecule has 32 heavy (non-hydrogen) atoms. The number of benzene rings is 3. The zero-order chi connectivity index (χ0) is 21.1. The molecule has 4 aromatic heterocycles. The number of aromatic nitrogens is 3. The van der Waals surface area contributed by atoms with Gasteiger partial charge in [-0.25, -0.2) is 0 Å². The molecule has 150 valence electrons. The van der Waals surface area contributed by atoms with Crippen LogP contribution in [0.4, 0.5) is 0 Å². The van der Waals surface area contributed by atoms with Gasteiger partial charge in [0.2, 0.25) is 0 Å². The van der Waals surface area contributed by atoms with Gasteiger partial charge in [0.05, 0.1) is 22.2 Å². The van der Waals surface area contributed by atoms with Gasteiger partial charge in [-0.15, -0.1) is 11.3 Å². The van der Waals surface area contributed by atoms with Gasteiger partial charge in [0.15, 0.2) is 0 Å². The number of nitrogens with zero attached hydrogens (tertiary/aromatic N) is 3. The van der Waals surface area contributed by atoms with Crippen molar-refractivity contribution in [3.8, 4) is 16.9 Å². The first-order chi connectivity index (χ1) is 15.9. The van der Waals surface area contributed by atoms with Crippen molar-refractivity contribution in [2.75, 3.05) is 0 Å². The minimum absolute atomic E-state index is 0.981. The molecule has 0 spiro atoms. The molecule has 7 rings (SSSR count). The lowest BCUT2D eigenvalue weighted by atomic mass is 10.1. The Kier molecular flexibility index (Phi) is 3.72. The van der Waals surface area contributed by atoms with Crippen molar-refractivity contribution < 1.29 is 0 Å². The van der Waals surface area contributed by atoms with Crippen LogP contribution in [0.1, 0.15) is 0 Å². The quantitative estimate of drug-likeness (QED) is 0.284. The molecule has 3 aromatic carbocycles. The Balaban J connectivity index is 1.51. The van der Waals surface area contributed by atoms with Crippen LogP contribution in [0.2, 0.25) is 0 Å². The Morgan fingerprint density at radius 2 is 1.44 bits per heavy atom. The first kappa shape index (κ1) is 17.6. The van der Waals surface area contributed by atoms with Crippen LogP contribution in [-0.2, 0) is 0 Å². The van der Waals surface area contributed by atoms with Gasteiger partial charge < -0.3 is 4.57 Å². The molecule has 4 heteroatoms. The lowest BCUT2D eigenvalue weighted by Crippen LogP contribution is -1.94. The van der Waals surface area contributed by atoms with E-state index in [1.165, 1.54) is 31.1 Å².